The molecule has 1 amide bonds. The van der Waals surface area contributed by atoms with Crippen LogP contribution in [0.4, 0.5) is 0 Å². The summed E-state index contributed by atoms with van der Waals surface area (Å²) in [5, 5.41) is 4.29. The molecule has 0 aromatic carbocycles. The zero-order chi connectivity index (χ0) is 13.9. The molecule has 1 aromatic rings. The third-order valence-electron chi connectivity index (χ3n) is 4.25. The van der Waals surface area contributed by atoms with Crippen LogP contribution in [0.5, 0.6) is 0 Å². The first kappa shape index (κ1) is 13.6. The van der Waals surface area contributed by atoms with Gasteiger partial charge in [-0.05, 0) is 31.7 Å². The molecule has 2 fully saturated rings. The van der Waals surface area contributed by atoms with Crippen molar-refractivity contribution in [3.8, 4) is 0 Å². The van der Waals surface area contributed by atoms with E-state index in [0.29, 0.717) is 6.54 Å². The fourth-order valence-corrected chi connectivity index (χ4v) is 3.13. The Bertz CT molecular complexity index is 448. The number of nitrogens with two attached hydrogens (primary N) is 1. The summed E-state index contributed by atoms with van der Waals surface area (Å²) in [4.78, 5) is 14.4. The van der Waals surface area contributed by atoms with Crippen LogP contribution >= 0.6 is 0 Å². The molecular weight excluding hydrogens is 256 g/mol. The lowest BCUT2D eigenvalue weighted by molar-refractivity contribution is -0.144. The average Bonchev–Trinajstić information content (AvgIpc) is 3.17. The van der Waals surface area contributed by atoms with Crippen molar-refractivity contribution >= 4 is 5.91 Å². The number of ether oxygens (including phenoxy) is 1. The molecule has 1 aromatic heterocycles. The summed E-state index contributed by atoms with van der Waals surface area (Å²) in [5.41, 5.74) is 5.60. The number of nitrogens with zero attached hydrogens (tertiary/aromatic N) is 3. The van der Waals surface area contributed by atoms with Crippen LogP contribution in [0.2, 0.25) is 0 Å². The SMILES string of the molecule is NC[C@H]1CC[C@@H](C(=O)N2CCCC(n3cccn3)C2)O1. The molecule has 0 bridgehead atoms. The molecule has 2 N–H and O–H groups in total. The minimum Gasteiger partial charge on any atom is -0.364 e. The van der Waals surface area contributed by atoms with Crippen LogP contribution in [0.1, 0.15) is 31.7 Å². The summed E-state index contributed by atoms with van der Waals surface area (Å²) in [6.07, 6.45) is 7.29. The predicted octanol–water partition coefficient (Wildman–Crippen LogP) is 0.553. The van der Waals surface area contributed by atoms with E-state index in [2.05, 4.69) is 5.10 Å². The Balaban J connectivity index is 1.61. The fraction of sp³-hybridized carbons (Fsp3) is 0.714. The van der Waals surface area contributed by atoms with Gasteiger partial charge in [-0.2, -0.15) is 5.10 Å². The second-order valence-electron chi connectivity index (χ2n) is 5.63. The van der Waals surface area contributed by atoms with Gasteiger partial charge in [-0.15, -0.1) is 0 Å². The highest BCUT2D eigenvalue weighted by molar-refractivity contribution is 5.81. The molecule has 0 radical (unpaired) electrons. The summed E-state index contributed by atoms with van der Waals surface area (Å²) in [6.45, 7) is 2.05. The van der Waals surface area contributed by atoms with Gasteiger partial charge in [0, 0.05) is 32.0 Å². The minimum atomic E-state index is -0.292. The predicted molar refractivity (Wildman–Crippen MR) is 74.0 cm³/mol. The largest absolute Gasteiger partial charge is 0.364 e. The van der Waals surface area contributed by atoms with Gasteiger partial charge in [0.15, 0.2) is 0 Å². The number of piperidine rings is 1. The Morgan fingerprint density at radius 2 is 2.30 bits per heavy atom. The Morgan fingerprint density at radius 3 is 3.00 bits per heavy atom. The van der Waals surface area contributed by atoms with E-state index in [0.717, 1.165) is 38.8 Å². The van der Waals surface area contributed by atoms with E-state index in [1.807, 2.05) is 21.8 Å². The van der Waals surface area contributed by atoms with Crippen LogP contribution in [-0.2, 0) is 9.53 Å². The molecule has 1 unspecified atom stereocenters. The van der Waals surface area contributed by atoms with Gasteiger partial charge < -0.3 is 15.4 Å². The number of aromatic nitrogens is 2. The van der Waals surface area contributed by atoms with Gasteiger partial charge in [0.25, 0.3) is 5.91 Å². The van der Waals surface area contributed by atoms with E-state index < -0.39 is 0 Å². The van der Waals surface area contributed by atoms with E-state index in [9.17, 15) is 4.79 Å². The first-order valence-corrected chi connectivity index (χ1v) is 7.41. The number of hydrogen-bond donors (Lipinski definition) is 1. The van der Waals surface area contributed by atoms with E-state index in [-0.39, 0.29) is 24.2 Å². The summed E-state index contributed by atoms with van der Waals surface area (Å²) >= 11 is 0. The topological polar surface area (TPSA) is 73.4 Å². The quantitative estimate of drug-likeness (QED) is 0.876. The lowest BCUT2D eigenvalue weighted by Crippen LogP contribution is -2.45. The third kappa shape index (κ3) is 2.71. The molecule has 6 nitrogen and oxygen atoms in total. The Labute approximate surface area is 118 Å². The molecule has 2 aliphatic rings. The van der Waals surface area contributed by atoms with Crippen molar-refractivity contribution in [2.75, 3.05) is 19.6 Å². The van der Waals surface area contributed by atoms with Crippen LogP contribution in [0.25, 0.3) is 0 Å². The van der Waals surface area contributed by atoms with Crippen LogP contribution in [0.3, 0.4) is 0 Å². The molecule has 0 saturated carbocycles. The molecule has 0 spiro atoms. The number of carbonyl (C=O) groups is 1. The van der Waals surface area contributed by atoms with Crippen LogP contribution in [0.15, 0.2) is 18.5 Å². The molecule has 110 valence electrons. The van der Waals surface area contributed by atoms with Gasteiger partial charge >= 0.3 is 0 Å². The maximum Gasteiger partial charge on any atom is 0.251 e. The number of carbonyl (C=O) groups excluding carboxylic acids is 1. The van der Waals surface area contributed by atoms with Gasteiger partial charge in [-0.1, -0.05) is 0 Å². The first-order valence-electron chi connectivity index (χ1n) is 7.41. The third-order valence-corrected chi connectivity index (χ3v) is 4.25. The van der Waals surface area contributed by atoms with Crippen molar-refractivity contribution in [3.63, 3.8) is 0 Å². The molecule has 2 aliphatic heterocycles. The monoisotopic (exact) mass is 278 g/mol. The van der Waals surface area contributed by atoms with Crippen molar-refractivity contribution in [3.05, 3.63) is 18.5 Å². The molecule has 3 rings (SSSR count). The van der Waals surface area contributed by atoms with E-state index in [4.69, 9.17) is 10.5 Å². The maximum atomic E-state index is 12.5. The Kier molecular flexibility index (Phi) is 4.03. The van der Waals surface area contributed by atoms with E-state index in [1.54, 1.807) is 6.20 Å². The molecule has 3 heterocycles. The van der Waals surface area contributed by atoms with Crippen LogP contribution in [0, 0.1) is 0 Å². The van der Waals surface area contributed by atoms with Gasteiger partial charge in [0.05, 0.1) is 12.1 Å². The maximum absolute atomic E-state index is 12.5. The Hall–Kier alpha value is -1.40. The van der Waals surface area contributed by atoms with Crippen molar-refractivity contribution in [1.29, 1.82) is 0 Å². The summed E-state index contributed by atoms with van der Waals surface area (Å²) < 4.78 is 7.67. The van der Waals surface area contributed by atoms with Crippen LogP contribution in [-0.4, -0.2) is 52.4 Å². The standard InChI is InChI=1S/C14H22N4O2/c15-9-12-4-5-13(20-12)14(19)17-7-1-3-11(10-17)18-8-2-6-16-18/h2,6,8,11-13H,1,3-5,7,9-10,15H2/t11?,12-,13+/m1/s1. The highest BCUT2D eigenvalue weighted by atomic mass is 16.5. The smallest absolute Gasteiger partial charge is 0.251 e. The van der Waals surface area contributed by atoms with Crippen molar-refractivity contribution in [1.82, 2.24) is 14.7 Å². The first-order chi connectivity index (χ1) is 9.78. The normalized spacial score (nSPS) is 30.6. The minimum absolute atomic E-state index is 0.0515. The van der Waals surface area contributed by atoms with E-state index >= 15 is 0 Å². The second kappa shape index (κ2) is 5.93. The summed E-state index contributed by atoms with van der Waals surface area (Å²) in [7, 11) is 0. The average molecular weight is 278 g/mol. The number of amides is 1. The summed E-state index contributed by atoms with van der Waals surface area (Å²) in [6, 6.07) is 2.21. The number of rotatable bonds is 3. The van der Waals surface area contributed by atoms with Crippen LogP contribution < -0.4 is 5.73 Å². The van der Waals surface area contributed by atoms with Crippen molar-refractivity contribution in [2.24, 2.45) is 5.73 Å². The number of hydrogen-bond acceptors (Lipinski definition) is 4. The Morgan fingerprint density at radius 1 is 1.40 bits per heavy atom. The van der Waals surface area contributed by atoms with Gasteiger partial charge in [-0.3, -0.25) is 9.48 Å². The highest BCUT2D eigenvalue weighted by Gasteiger charge is 2.35. The van der Waals surface area contributed by atoms with Gasteiger partial charge in [0.2, 0.25) is 0 Å². The van der Waals surface area contributed by atoms with Gasteiger partial charge in [-0.25, -0.2) is 0 Å². The zero-order valence-corrected chi connectivity index (χ0v) is 11.6. The lowest BCUT2D eigenvalue weighted by Gasteiger charge is -2.34. The highest BCUT2D eigenvalue weighted by Crippen LogP contribution is 2.25. The van der Waals surface area contributed by atoms with E-state index in [1.165, 1.54) is 0 Å². The second-order valence-corrected chi connectivity index (χ2v) is 5.63. The molecule has 2 saturated heterocycles. The molecule has 0 aliphatic carbocycles. The lowest BCUT2D eigenvalue weighted by atomic mass is 10.0. The van der Waals surface area contributed by atoms with Gasteiger partial charge in [0.1, 0.15) is 6.10 Å². The summed E-state index contributed by atoms with van der Waals surface area (Å²) in [5.74, 6) is 0.123. The van der Waals surface area contributed by atoms with Crippen molar-refractivity contribution < 1.29 is 9.53 Å². The number of likely N-dealkylation sites (tertiary alicyclic amines) is 1. The molecule has 6 heteroatoms. The molecular formula is C14H22N4O2. The zero-order valence-electron chi connectivity index (χ0n) is 11.6. The van der Waals surface area contributed by atoms with Crippen molar-refractivity contribution in [2.45, 2.75) is 43.9 Å². The molecule has 3 atom stereocenters. The fourth-order valence-electron chi connectivity index (χ4n) is 3.13. The molecule has 20 heavy (non-hydrogen) atoms.